The second-order valence-electron chi connectivity index (χ2n) is 3.78. The zero-order chi connectivity index (χ0) is 13.0. The number of hydrogen-bond donors (Lipinski definition) is 1. The Balaban J connectivity index is 1.97. The zero-order valence-electron chi connectivity index (χ0n) is 9.87. The lowest BCUT2D eigenvalue weighted by Crippen LogP contribution is -1.99. The third kappa shape index (κ3) is 3.53. The van der Waals surface area contributed by atoms with Gasteiger partial charge in [-0.1, -0.05) is 0 Å². The monoisotopic (exact) mass is 329 g/mol. The van der Waals surface area contributed by atoms with E-state index in [1.165, 1.54) is 12.1 Å². The molecule has 0 amide bonds. The topological polar surface area (TPSA) is 25.2 Å². The fourth-order valence-corrected chi connectivity index (χ4v) is 2.48. The van der Waals surface area contributed by atoms with Gasteiger partial charge in [-0.25, -0.2) is 4.39 Å². The number of benzene rings is 1. The third-order valence-corrected chi connectivity index (χ3v) is 3.62. The molecule has 5 heteroatoms. The molecule has 1 N–H and O–H groups in total. The Kier molecular flexibility index (Phi) is 4.72. The van der Waals surface area contributed by atoms with E-state index in [1.807, 2.05) is 18.4 Å². The molecule has 0 aliphatic carbocycles. The molecule has 0 aliphatic rings. The van der Waals surface area contributed by atoms with Crippen LogP contribution in [0.2, 0.25) is 0 Å². The van der Waals surface area contributed by atoms with Crippen LogP contribution in [0.1, 0.15) is 11.5 Å². The Morgan fingerprint density at radius 3 is 2.78 bits per heavy atom. The second-order valence-corrected chi connectivity index (χ2v) is 5.50. The van der Waals surface area contributed by atoms with Crippen molar-refractivity contribution in [2.24, 2.45) is 0 Å². The minimum Gasteiger partial charge on any atom is -0.463 e. The van der Waals surface area contributed by atoms with Gasteiger partial charge in [-0.3, -0.25) is 0 Å². The Labute approximate surface area is 118 Å². The number of rotatable bonds is 5. The van der Waals surface area contributed by atoms with Crippen molar-refractivity contribution in [1.82, 2.24) is 0 Å². The summed E-state index contributed by atoms with van der Waals surface area (Å²) in [6.07, 6.45) is 2.04. The molecule has 2 aromatic rings. The molecular formula is C13H13BrFNOS. The summed E-state index contributed by atoms with van der Waals surface area (Å²) in [4.78, 5) is 0. The minimum atomic E-state index is -0.257. The molecule has 0 saturated heterocycles. The average molecular weight is 330 g/mol. The summed E-state index contributed by atoms with van der Waals surface area (Å²) in [5, 5.41) is 3.20. The quantitative estimate of drug-likeness (QED) is 0.863. The fraction of sp³-hybridized carbons (Fsp3) is 0.231. The lowest BCUT2D eigenvalue weighted by Gasteiger charge is -2.06. The van der Waals surface area contributed by atoms with E-state index >= 15 is 0 Å². The van der Waals surface area contributed by atoms with Gasteiger partial charge in [0.05, 0.1) is 12.3 Å². The summed E-state index contributed by atoms with van der Waals surface area (Å²) in [7, 11) is 0. The number of furan rings is 1. The van der Waals surface area contributed by atoms with Crippen LogP contribution in [0, 0.1) is 5.82 Å². The first-order valence-corrected chi connectivity index (χ1v) is 7.63. The molecule has 0 spiro atoms. The Hall–Kier alpha value is -0.940. The molecule has 0 atom stereocenters. The molecule has 96 valence electrons. The van der Waals surface area contributed by atoms with Gasteiger partial charge in [-0.05, 0) is 52.5 Å². The first kappa shape index (κ1) is 13.5. The minimum absolute atomic E-state index is 0.257. The smallest absolute Gasteiger partial charge is 0.124 e. The molecule has 0 unspecified atom stereocenters. The van der Waals surface area contributed by atoms with E-state index in [9.17, 15) is 4.39 Å². The Bertz CT molecular complexity index is 529. The molecule has 0 fully saturated rings. The number of anilines is 1. The van der Waals surface area contributed by atoms with Crippen LogP contribution in [-0.4, -0.2) is 6.26 Å². The maximum absolute atomic E-state index is 12.9. The van der Waals surface area contributed by atoms with Crippen LogP contribution < -0.4 is 5.32 Å². The second kappa shape index (κ2) is 6.29. The number of halogens is 2. The van der Waals surface area contributed by atoms with Crippen molar-refractivity contribution in [3.8, 4) is 0 Å². The van der Waals surface area contributed by atoms with E-state index in [0.29, 0.717) is 11.0 Å². The van der Waals surface area contributed by atoms with Crippen molar-refractivity contribution < 1.29 is 8.81 Å². The first-order valence-electron chi connectivity index (χ1n) is 5.44. The molecule has 18 heavy (non-hydrogen) atoms. The van der Waals surface area contributed by atoms with Gasteiger partial charge < -0.3 is 9.73 Å². The molecule has 1 aromatic heterocycles. The first-order chi connectivity index (χ1) is 8.69. The van der Waals surface area contributed by atoms with Gasteiger partial charge in [-0.15, -0.1) is 0 Å². The number of nitrogens with one attached hydrogen (secondary N) is 1. The predicted octanol–water partition coefficient (Wildman–Crippen LogP) is 4.66. The maximum Gasteiger partial charge on any atom is 0.124 e. The van der Waals surface area contributed by atoms with Gasteiger partial charge in [-0.2, -0.15) is 11.8 Å². The van der Waals surface area contributed by atoms with Crippen LogP contribution in [0.15, 0.2) is 39.2 Å². The van der Waals surface area contributed by atoms with E-state index in [2.05, 4.69) is 21.2 Å². The number of thioether (sulfide) groups is 1. The third-order valence-electron chi connectivity index (χ3n) is 2.39. The van der Waals surface area contributed by atoms with Crippen molar-refractivity contribution in [2.45, 2.75) is 12.3 Å². The molecule has 0 saturated carbocycles. The van der Waals surface area contributed by atoms with E-state index in [-0.39, 0.29) is 5.82 Å². The summed E-state index contributed by atoms with van der Waals surface area (Å²) in [5.74, 6) is 2.46. The summed E-state index contributed by atoms with van der Waals surface area (Å²) in [5.41, 5.74) is 0.846. The van der Waals surface area contributed by atoms with Crippen molar-refractivity contribution in [3.05, 3.63) is 52.1 Å². The van der Waals surface area contributed by atoms with Crippen LogP contribution in [0.3, 0.4) is 0 Å². The van der Waals surface area contributed by atoms with Gasteiger partial charge >= 0.3 is 0 Å². The highest BCUT2D eigenvalue weighted by Crippen LogP contribution is 2.24. The summed E-state index contributed by atoms with van der Waals surface area (Å²) in [6.45, 7) is 0.582. The van der Waals surface area contributed by atoms with Gasteiger partial charge in [0.25, 0.3) is 0 Å². The largest absolute Gasteiger partial charge is 0.463 e. The van der Waals surface area contributed by atoms with E-state index < -0.39 is 0 Å². The van der Waals surface area contributed by atoms with Crippen molar-refractivity contribution in [3.63, 3.8) is 0 Å². The highest BCUT2D eigenvalue weighted by atomic mass is 79.9. The van der Waals surface area contributed by atoms with Crippen molar-refractivity contribution >= 4 is 33.4 Å². The SMILES string of the molecule is CSCc1ccc(CNc2ccc(F)cc2Br)o1. The van der Waals surface area contributed by atoms with Gasteiger partial charge in [0.2, 0.25) is 0 Å². The highest BCUT2D eigenvalue weighted by molar-refractivity contribution is 9.10. The molecule has 0 bridgehead atoms. The lowest BCUT2D eigenvalue weighted by atomic mass is 10.3. The molecule has 2 nitrogen and oxygen atoms in total. The molecule has 2 rings (SSSR count). The zero-order valence-corrected chi connectivity index (χ0v) is 12.3. The van der Waals surface area contributed by atoms with Crippen LogP contribution in [-0.2, 0) is 12.3 Å². The molecule has 1 heterocycles. The summed E-state index contributed by atoms with van der Waals surface area (Å²) >= 11 is 5.04. The van der Waals surface area contributed by atoms with Crippen molar-refractivity contribution in [1.29, 1.82) is 0 Å². The molecular weight excluding hydrogens is 317 g/mol. The van der Waals surface area contributed by atoms with Crippen LogP contribution in [0.25, 0.3) is 0 Å². The standard InChI is InChI=1S/C13H13BrFNOS/c1-18-8-11-4-3-10(17-11)7-16-13-5-2-9(15)6-12(13)14/h2-6,16H,7-8H2,1H3. The predicted molar refractivity (Wildman–Crippen MR) is 77.4 cm³/mol. The van der Waals surface area contributed by atoms with Gasteiger partial charge in [0.1, 0.15) is 17.3 Å². The summed E-state index contributed by atoms with van der Waals surface area (Å²) < 4.78 is 19.3. The van der Waals surface area contributed by atoms with E-state index in [0.717, 1.165) is 23.0 Å². The Morgan fingerprint density at radius 2 is 2.06 bits per heavy atom. The van der Waals surface area contributed by atoms with Crippen LogP contribution in [0.5, 0.6) is 0 Å². The van der Waals surface area contributed by atoms with Crippen LogP contribution in [0.4, 0.5) is 10.1 Å². The summed E-state index contributed by atoms with van der Waals surface area (Å²) in [6, 6.07) is 8.49. The van der Waals surface area contributed by atoms with E-state index in [1.54, 1.807) is 17.8 Å². The maximum atomic E-state index is 12.9. The molecule has 0 radical (unpaired) electrons. The molecule has 0 aliphatic heterocycles. The highest BCUT2D eigenvalue weighted by Gasteiger charge is 2.04. The van der Waals surface area contributed by atoms with Gasteiger partial charge in [0.15, 0.2) is 0 Å². The number of hydrogen-bond acceptors (Lipinski definition) is 3. The lowest BCUT2D eigenvalue weighted by molar-refractivity contribution is 0.487. The average Bonchev–Trinajstić information content (AvgIpc) is 2.76. The Morgan fingerprint density at radius 1 is 1.28 bits per heavy atom. The van der Waals surface area contributed by atoms with Crippen molar-refractivity contribution in [2.75, 3.05) is 11.6 Å². The van der Waals surface area contributed by atoms with Crippen LogP contribution >= 0.6 is 27.7 Å². The molecule has 1 aromatic carbocycles. The normalized spacial score (nSPS) is 10.6. The van der Waals surface area contributed by atoms with Gasteiger partial charge in [0, 0.05) is 10.2 Å². The fourth-order valence-electron chi connectivity index (χ4n) is 1.55. The van der Waals surface area contributed by atoms with E-state index in [4.69, 9.17) is 4.42 Å².